The van der Waals surface area contributed by atoms with Crippen LogP contribution in [0.25, 0.3) is 0 Å². The van der Waals surface area contributed by atoms with E-state index in [9.17, 15) is 14.6 Å². The molecule has 0 aliphatic carbocycles. The number of nitrogens with one attached hydrogen (secondary N) is 1. The van der Waals surface area contributed by atoms with E-state index in [-0.39, 0.29) is 6.61 Å². The van der Waals surface area contributed by atoms with Crippen LogP contribution in [0.3, 0.4) is 0 Å². The van der Waals surface area contributed by atoms with Gasteiger partial charge in [-0.15, -0.1) is 0 Å². The zero-order valence-corrected chi connectivity index (χ0v) is 14.3. The highest BCUT2D eigenvalue weighted by Gasteiger charge is 2.33. The number of nitriles is 1. The molecule has 132 valence electrons. The maximum Gasteiger partial charge on any atom is 0.168 e. The van der Waals surface area contributed by atoms with Crippen LogP contribution in [0.4, 0.5) is 4.39 Å². The minimum atomic E-state index is -1.62. The van der Waals surface area contributed by atoms with Crippen molar-refractivity contribution in [2.45, 2.75) is 12.3 Å². The highest BCUT2D eigenvalue weighted by molar-refractivity contribution is 5.45. The lowest BCUT2D eigenvalue weighted by molar-refractivity contribution is 0.0395. The summed E-state index contributed by atoms with van der Waals surface area (Å²) < 4.78 is 13.3. The number of hydrogen-bond donors (Lipinski definition) is 3. The highest BCUT2D eigenvalue weighted by atomic mass is 19.1. The fourth-order valence-corrected chi connectivity index (χ4v) is 2.65. The average Bonchev–Trinajstić information content (AvgIpc) is 2.61. The third-order valence-corrected chi connectivity index (χ3v) is 4.00. The molecule has 0 bridgehead atoms. The second-order valence-corrected chi connectivity index (χ2v) is 6.09. The molecule has 3 N–H and O–H groups in total. The van der Waals surface area contributed by atoms with E-state index in [1.165, 1.54) is 30.3 Å². The minimum absolute atomic E-state index is 0.330. The second-order valence-electron chi connectivity index (χ2n) is 6.09. The Bertz CT molecular complexity index is 756. The van der Waals surface area contributed by atoms with Gasteiger partial charge in [-0.2, -0.15) is 5.26 Å². The van der Waals surface area contributed by atoms with E-state index in [1.54, 1.807) is 12.1 Å². The van der Waals surface area contributed by atoms with E-state index < -0.39 is 11.5 Å². The maximum atomic E-state index is 13.3. The van der Waals surface area contributed by atoms with Gasteiger partial charge < -0.3 is 15.1 Å². The molecular formula is C19H22FN3O2. The van der Waals surface area contributed by atoms with Crippen molar-refractivity contribution in [3.63, 3.8) is 0 Å². The standard InChI is InChI=1S/C19H22FN3O2/c1-23(2)10-9-22-19(25,16-4-6-17(20)7-5-16)18-8-3-14(12-21)11-15(18)13-24/h3-8,11,22,24-25H,9-10,13H2,1-2H3. The zero-order valence-electron chi connectivity index (χ0n) is 14.3. The van der Waals surface area contributed by atoms with Crippen LogP contribution in [-0.4, -0.2) is 42.3 Å². The Morgan fingerprint density at radius 2 is 1.88 bits per heavy atom. The molecule has 5 nitrogen and oxygen atoms in total. The van der Waals surface area contributed by atoms with Crippen molar-refractivity contribution in [2.75, 3.05) is 27.2 Å². The number of likely N-dealkylation sites (N-methyl/N-ethyl adjacent to an activating group) is 1. The van der Waals surface area contributed by atoms with E-state index in [4.69, 9.17) is 5.26 Å². The van der Waals surface area contributed by atoms with Gasteiger partial charge in [-0.1, -0.05) is 18.2 Å². The molecule has 2 aromatic carbocycles. The molecular weight excluding hydrogens is 321 g/mol. The van der Waals surface area contributed by atoms with Crippen LogP contribution in [0, 0.1) is 17.1 Å². The fourth-order valence-electron chi connectivity index (χ4n) is 2.65. The third kappa shape index (κ3) is 4.41. The summed E-state index contributed by atoms with van der Waals surface area (Å²) >= 11 is 0. The Morgan fingerprint density at radius 3 is 2.44 bits per heavy atom. The van der Waals surface area contributed by atoms with E-state index in [2.05, 4.69) is 5.32 Å². The summed E-state index contributed by atoms with van der Waals surface area (Å²) in [5, 5.41) is 33.2. The first-order valence-electron chi connectivity index (χ1n) is 7.93. The Hall–Kier alpha value is -2.30. The fraction of sp³-hybridized carbons (Fsp3) is 0.316. The summed E-state index contributed by atoms with van der Waals surface area (Å²) in [6.07, 6.45) is 0. The lowest BCUT2D eigenvalue weighted by atomic mass is 9.89. The van der Waals surface area contributed by atoms with Crippen molar-refractivity contribution in [1.29, 1.82) is 5.26 Å². The van der Waals surface area contributed by atoms with Gasteiger partial charge in [0.05, 0.1) is 18.2 Å². The first kappa shape index (κ1) is 19.0. The number of rotatable bonds is 7. The third-order valence-electron chi connectivity index (χ3n) is 4.00. The Labute approximate surface area is 146 Å². The van der Waals surface area contributed by atoms with Crippen LogP contribution in [-0.2, 0) is 12.3 Å². The van der Waals surface area contributed by atoms with Crippen LogP contribution in [0.1, 0.15) is 22.3 Å². The second kappa shape index (κ2) is 8.19. The Morgan fingerprint density at radius 1 is 1.20 bits per heavy atom. The maximum absolute atomic E-state index is 13.3. The van der Waals surface area contributed by atoms with Crippen molar-refractivity contribution in [3.05, 3.63) is 70.5 Å². The first-order chi connectivity index (χ1) is 11.9. The average molecular weight is 343 g/mol. The molecule has 0 saturated heterocycles. The van der Waals surface area contributed by atoms with Gasteiger partial charge in [-0.3, -0.25) is 5.32 Å². The largest absolute Gasteiger partial charge is 0.392 e. The normalized spacial score (nSPS) is 13.5. The van der Waals surface area contributed by atoms with Gasteiger partial charge >= 0.3 is 0 Å². The Kier molecular flexibility index (Phi) is 6.23. The lowest BCUT2D eigenvalue weighted by Gasteiger charge is -2.32. The predicted octanol–water partition coefficient (Wildman–Crippen LogP) is 1.53. The number of aliphatic hydroxyl groups excluding tert-OH is 1. The van der Waals surface area contributed by atoms with Gasteiger partial charge in [0.25, 0.3) is 0 Å². The van der Waals surface area contributed by atoms with Gasteiger partial charge in [-0.05, 0) is 43.9 Å². The zero-order chi connectivity index (χ0) is 18.4. The molecule has 2 aromatic rings. The van der Waals surface area contributed by atoms with E-state index in [0.717, 1.165) is 0 Å². The molecule has 0 aromatic heterocycles. The molecule has 1 atom stereocenters. The molecule has 2 rings (SSSR count). The number of benzene rings is 2. The molecule has 25 heavy (non-hydrogen) atoms. The van der Waals surface area contributed by atoms with Gasteiger partial charge in [0.2, 0.25) is 0 Å². The quantitative estimate of drug-likeness (QED) is 0.665. The van der Waals surface area contributed by atoms with E-state index >= 15 is 0 Å². The van der Waals surface area contributed by atoms with Crippen LogP contribution in [0.2, 0.25) is 0 Å². The van der Waals surface area contributed by atoms with Gasteiger partial charge in [-0.25, -0.2) is 4.39 Å². The van der Waals surface area contributed by atoms with Crippen molar-refractivity contribution < 1.29 is 14.6 Å². The molecule has 0 saturated carbocycles. The topological polar surface area (TPSA) is 79.5 Å². The number of halogens is 1. The van der Waals surface area contributed by atoms with E-state index in [1.807, 2.05) is 25.1 Å². The van der Waals surface area contributed by atoms with Crippen LogP contribution in [0.5, 0.6) is 0 Å². The van der Waals surface area contributed by atoms with Gasteiger partial charge in [0.1, 0.15) is 5.82 Å². The van der Waals surface area contributed by atoms with Crippen molar-refractivity contribution in [1.82, 2.24) is 10.2 Å². The first-order valence-corrected chi connectivity index (χ1v) is 7.93. The molecule has 6 heteroatoms. The van der Waals surface area contributed by atoms with Crippen molar-refractivity contribution in [3.8, 4) is 6.07 Å². The summed E-state index contributed by atoms with van der Waals surface area (Å²) in [6.45, 7) is 0.809. The molecule has 0 spiro atoms. The summed E-state index contributed by atoms with van der Waals surface area (Å²) in [5.74, 6) is -0.401. The summed E-state index contributed by atoms with van der Waals surface area (Å²) in [4.78, 5) is 1.96. The predicted molar refractivity (Wildman–Crippen MR) is 93.0 cm³/mol. The molecule has 0 fully saturated rings. The number of aliphatic hydroxyl groups is 2. The molecule has 0 heterocycles. The van der Waals surface area contributed by atoms with Crippen molar-refractivity contribution in [2.24, 2.45) is 0 Å². The Balaban J connectivity index is 2.51. The number of nitrogens with zero attached hydrogens (tertiary/aromatic N) is 2. The molecule has 0 aliphatic heterocycles. The summed E-state index contributed by atoms with van der Waals surface area (Å²) in [7, 11) is 3.83. The highest BCUT2D eigenvalue weighted by Crippen LogP contribution is 2.30. The van der Waals surface area contributed by atoms with Crippen molar-refractivity contribution >= 4 is 0 Å². The van der Waals surface area contributed by atoms with E-state index in [0.29, 0.717) is 35.3 Å². The summed E-state index contributed by atoms with van der Waals surface area (Å²) in [6, 6.07) is 12.3. The molecule has 0 aliphatic rings. The van der Waals surface area contributed by atoms with Gasteiger partial charge in [0, 0.05) is 24.2 Å². The van der Waals surface area contributed by atoms with Crippen LogP contribution < -0.4 is 5.32 Å². The minimum Gasteiger partial charge on any atom is -0.392 e. The van der Waals surface area contributed by atoms with Gasteiger partial charge in [0.15, 0.2) is 5.72 Å². The van der Waals surface area contributed by atoms with Crippen LogP contribution >= 0.6 is 0 Å². The molecule has 0 radical (unpaired) electrons. The molecule has 1 unspecified atom stereocenters. The number of hydrogen-bond acceptors (Lipinski definition) is 5. The SMILES string of the molecule is CN(C)CCNC(O)(c1ccc(F)cc1)c1ccc(C#N)cc1CO. The monoisotopic (exact) mass is 343 g/mol. The lowest BCUT2D eigenvalue weighted by Crippen LogP contribution is -2.46. The smallest absolute Gasteiger partial charge is 0.168 e. The van der Waals surface area contributed by atoms with Crippen LogP contribution in [0.15, 0.2) is 42.5 Å². The molecule has 0 amide bonds. The summed E-state index contributed by atoms with van der Waals surface area (Å²) in [5.41, 5.74) is 0.0904.